The molecule has 1 saturated heterocycles. The summed E-state index contributed by atoms with van der Waals surface area (Å²) < 4.78 is 5.16. The first kappa shape index (κ1) is 12.9. The minimum absolute atomic E-state index is 0.154. The van der Waals surface area contributed by atoms with Crippen LogP contribution in [-0.4, -0.2) is 49.5 Å². The van der Waals surface area contributed by atoms with Crippen LogP contribution in [0.1, 0.15) is 18.5 Å². The highest BCUT2D eigenvalue weighted by molar-refractivity contribution is 5.73. The summed E-state index contributed by atoms with van der Waals surface area (Å²) in [5.41, 5.74) is 1.23. The molecule has 0 N–H and O–H groups in total. The van der Waals surface area contributed by atoms with Crippen LogP contribution in [0.15, 0.2) is 24.3 Å². The Labute approximate surface area is 108 Å². The van der Waals surface area contributed by atoms with Gasteiger partial charge in [0, 0.05) is 26.6 Å². The summed E-state index contributed by atoms with van der Waals surface area (Å²) in [5.74, 6) is 1.02. The van der Waals surface area contributed by atoms with Crippen molar-refractivity contribution < 1.29 is 9.53 Å². The Bertz CT molecular complexity index is 416. The van der Waals surface area contributed by atoms with E-state index < -0.39 is 0 Å². The van der Waals surface area contributed by atoms with Crippen molar-refractivity contribution in [3.05, 3.63) is 29.8 Å². The van der Waals surface area contributed by atoms with Crippen LogP contribution in [0.5, 0.6) is 5.75 Å². The molecule has 4 heteroatoms. The van der Waals surface area contributed by atoms with Crippen LogP contribution in [-0.2, 0) is 4.79 Å². The lowest BCUT2D eigenvalue weighted by atomic mass is 10.0. The van der Waals surface area contributed by atoms with E-state index in [-0.39, 0.29) is 11.9 Å². The maximum Gasteiger partial charge on any atom is 0.219 e. The van der Waals surface area contributed by atoms with Gasteiger partial charge in [-0.05, 0) is 24.7 Å². The molecule has 0 saturated carbocycles. The Balaban J connectivity index is 2.15. The van der Waals surface area contributed by atoms with Crippen molar-refractivity contribution in [2.45, 2.75) is 13.0 Å². The number of hydrogen-bond donors (Lipinski definition) is 0. The minimum atomic E-state index is 0.154. The molecule has 4 nitrogen and oxygen atoms in total. The van der Waals surface area contributed by atoms with Crippen LogP contribution in [0.25, 0.3) is 0 Å². The first-order valence-electron chi connectivity index (χ1n) is 6.21. The Kier molecular flexibility index (Phi) is 3.87. The lowest BCUT2D eigenvalue weighted by Gasteiger charge is -2.39. The SMILES string of the molecule is COc1ccc(C2CN(C(C)=O)CCN2C)cc1. The monoisotopic (exact) mass is 248 g/mol. The molecule has 0 aromatic heterocycles. The Morgan fingerprint density at radius 2 is 1.94 bits per heavy atom. The maximum atomic E-state index is 11.5. The van der Waals surface area contributed by atoms with E-state index in [4.69, 9.17) is 4.74 Å². The third-order valence-electron chi connectivity index (χ3n) is 3.59. The van der Waals surface area contributed by atoms with Gasteiger partial charge in [-0.25, -0.2) is 0 Å². The molecule has 0 bridgehead atoms. The van der Waals surface area contributed by atoms with Crippen LogP contribution < -0.4 is 4.74 Å². The molecular weight excluding hydrogens is 228 g/mol. The summed E-state index contributed by atoms with van der Waals surface area (Å²) in [5, 5.41) is 0. The van der Waals surface area contributed by atoms with Crippen molar-refractivity contribution in [2.75, 3.05) is 33.8 Å². The molecule has 1 heterocycles. The summed E-state index contributed by atoms with van der Waals surface area (Å²) in [6.45, 7) is 4.13. The van der Waals surface area contributed by atoms with Crippen molar-refractivity contribution >= 4 is 5.91 Å². The molecule has 98 valence electrons. The van der Waals surface area contributed by atoms with Gasteiger partial charge in [-0.2, -0.15) is 0 Å². The van der Waals surface area contributed by atoms with E-state index in [9.17, 15) is 4.79 Å². The molecule has 1 aromatic rings. The fourth-order valence-electron chi connectivity index (χ4n) is 2.35. The van der Waals surface area contributed by atoms with Gasteiger partial charge in [-0.1, -0.05) is 12.1 Å². The van der Waals surface area contributed by atoms with Gasteiger partial charge < -0.3 is 9.64 Å². The lowest BCUT2D eigenvalue weighted by Crippen LogP contribution is -2.48. The lowest BCUT2D eigenvalue weighted by molar-refractivity contribution is -0.131. The van der Waals surface area contributed by atoms with E-state index in [0.29, 0.717) is 0 Å². The van der Waals surface area contributed by atoms with Gasteiger partial charge in [-0.3, -0.25) is 9.69 Å². The van der Waals surface area contributed by atoms with Crippen LogP contribution in [0.4, 0.5) is 0 Å². The third-order valence-corrected chi connectivity index (χ3v) is 3.59. The number of rotatable bonds is 2. The molecular formula is C14H20N2O2. The number of carbonyl (C=O) groups excluding carboxylic acids is 1. The number of piperazine rings is 1. The van der Waals surface area contributed by atoms with Gasteiger partial charge in [-0.15, -0.1) is 0 Å². The number of benzene rings is 1. The van der Waals surface area contributed by atoms with E-state index in [1.807, 2.05) is 17.0 Å². The number of ether oxygens (including phenoxy) is 1. The largest absolute Gasteiger partial charge is 0.497 e. The van der Waals surface area contributed by atoms with Gasteiger partial charge in [0.05, 0.1) is 13.2 Å². The summed E-state index contributed by atoms with van der Waals surface area (Å²) in [6, 6.07) is 8.35. The normalized spacial score (nSPS) is 20.8. The van der Waals surface area contributed by atoms with Gasteiger partial charge in [0.2, 0.25) is 5.91 Å². The number of hydrogen-bond acceptors (Lipinski definition) is 3. The average molecular weight is 248 g/mol. The second-order valence-corrected chi connectivity index (χ2v) is 4.73. The van der Waals surface area contributed by atoms with Gasteiger partial charge in [0.15, 0.2) is 0 Å². The standard InChI is InChI=1S/C14H20N2O2/c1-11(17)16-9-8-15(2)14(10-16)12-4-6-13(18-3)7-5-12/h4-7,14H,8-10H2,1-3H3. The topological polar surface area (TPSA) is 32.8 Å². The number of methoxy groups -OCH3 is 1. The maximum absolute atomic E-state index is 11.5. The fraction of sp³-hybridized carbons (Fsp3) is 0.500. The molecule has 1 aliphatic heterocycles. The van der Waals surface area contributed by atoms with Crippen LogP contribution in [0.3, 0.4) is 0 Å². The predicted octanol–water partition coefficient (Wildman–Crippen LogP) is 1.53. The van der Waals surface area contributed by atoms with Gasteiger partial charge in [0.25, 0.3) is 0 Å². The Hall–Kier alpha value is -1.55. The van der Waals surface area contributed by atoms with Crippen molar-refractivity contribution in [3.8, 4) is 5.75 Å². The molecule has 0 aliphatic carbocycles. The van der Waals surface area contributed by atoms with Crippen LogP contribution in [0, 0.1) is 0 Å². The molecule has 1 aromatic carbocycles. The van der Waals surface area contributed by atoms with E-state index in [2.05, 4.69) is 24.1 Å². The zero-order chi connectivity index (χ0) is 13.1. The highest BCUT2D eigenvalue weighted by atomic mass is 16.5. The summed E-state index contributed by atoms with van der Waals surface area (Å²) in [4.78, 5) is 15.7. The van der Waals surface area contributed by atoms with Crippen molar-refractivity contribution in [2.24, 2.45) is 0 Å². The quantitative estimate of drug-likeness (QED) is 0.795. The highest BCUT2D eigenvalue weighted by Crippen LogP contribution is 2.25. The average Bonchev–Trinajstić information content (AvgIpc) is 2.39. The number of likely N-dealkylation sites (N-methyl/N-ethyl adjacent to an activating group) is 1. The smallest absolute Gasteiger partial charge is 0.219 e. The molecule has 1 fully saturated rings. The van der Waals surface area contributed by atoms with Crippen LogP contribution in [0.2, 0.25) is 0 Å². The number of nitrogens with zero attached hydrogens (tertiary/aromatic N) is 2. The molecule has 1 unspecified atom stereocenters. The molecule has 1 atom stereocenters. The molecule has 18 heavy (non-hydrogen) atoms. The summed E-state index contributed by atoms with van der Waals surface area (Å²) in [7, 11) is 3.77. The number of amides is 1. The van der Waals surface area contributed by atoms with E-state index >= 15 is 0 Å². The highest BCUT2D eigenvalue weighted by Gasteiger charge is 2.26. The van der Waals surface area contributed by atoms with Gasteiger partial charge >= 0.3 is 0 Å². The second kappa shape index (κ2) is 5.40. The fourth-order valence-corrected chi connectivity index (χ4v) is 2.35. The molecule has 0 radical (unpaired) electrons. The van der Waals surface area contributed by atoms with E-state index in [1.54, 1.807) is 14.0 Å². The van der Waals surface area contributed by atoms with E-state index in [1.165, 1.54) is 5.56 Å². The minimum Gasteiger partial charge on any atom is -0.497 e. The van der Waals surface area contributed by atoms with Crippen molar-refractivity contribution in [1.82, 2.24) is 9.80 Å². The zero-order valence-electron chi connectivity index (χ0n) is 11.2. The van der Waals surface area contributed by atoms with Crippen molar-refractivity contribution in [1.29, 1.82) is 0 Å². The summed E-state index contributed by atoms with van der Waals surface area (Å²) in [6.07, 6.45) is 0. The molecule has 0 spiro atoms. The zero-order valence-corrected chi connectivity index (χ0v) is 11.2. The Morgan fingerprint density at radius 3 is 2.50 bits per heavy atom. The molecule has 1 amide bonds. The first-order valence-corrected chi connectivity index (χ1v) is 6.21. The number of carbonyl (C=O) groups is 1. The summed E-state index contributed by atoms with van der Waals surface area (Å²) >= 11 is 0. The third kappa shape index (κ3) is 2.64. The Morgan fingerprint density at radius 1 is 1.28 bits per heavy atom. The first-order chi connectivity index (χ1) is 8.61. The molecule has 1 aliphatic rings. The second-order valence-electron chi connectivity index (χ2n) is 4.73. The predicted molar refractivity (Wildman–Crippen MR) is 70.6 cm³/mol. The van der Waals surface area contributed by atoms with Gasteiger partial charge in [0.1, 0.15) is 5.75 Å². The van der Waals surface area contributed by atoms with Crippen molar-refractivity contribution in [3.63, 3.8) is 0 Å². The molecule has 2 rings (SSSR count). The van der Waals surface area contributed by atoms with Crippen LogP contribution >= 0.6 is 0 Å². The van der Waals surface area contributed by atoms with E-state index in [0.717, 1.165) is 25.4 Å².